The minimum atomic E-state index is 0.147. The van der Waals surface area contributed by atoms with Crippen LogP contribution in [-0.4, -0.2) is 12.5 Å². The predicted octanol–water partition coefficient (Wildman–Crippen LogP) is 4.34. The number of carbonyl (C=O) groups is 1. The van der Waals surface area contributed by atoms with Crippen LogP contribution in [0.5, 0.6) is 0 Å². The third kappa shape index (κ3) is 2.67. The fraction of sp³-hybridized carbons (Fsp3) is 0.188. The quantitative estimate of drug-likeness (QED) is 0.741. The van der Waals surface area contributed by atoms with Gasteiger partial charge in [0.05, 0.1) is 6.42 Å². The molecule has 1 amide bonds. The van der Waals surface area contributed by atoms with Crippen LogP contribution in [0.4, 0.5) is 5.69 Å². The van der Waals surface area contributed by atoms with E-state index in [1.54, 1.807) is 0 Å². The lowest BCUT2D eigenvalue weighted by molar-refractivity contribution is -0.117. The summed E-state index contributed by atoms with van der Waals surface area (Å²) in [6.45, 7) is 0.773. The van der Waals surface area contributed by atoms with E-state index in [1.807, 2.05) is 41.3 Å². The van der Waals surface area contributed by atoms with Gasteiger partial charge in [-0.2, -0.15) is 0 Å². The van der Waals surface area contributed by atoms with Crippen LogP contribution in [0.3, 0.4) is 0 Å². The summed E-state index contributed by atoms with van der Waals surface area (Å²) in [5.41, 5.74) is 3.31. The summed E-state index contributed by atoms with van der Waals surface area (Å²) < 4.78 is 2.00. The molecule has 0 radical (unpaired) electrons. The van der Waals surface area contributed by atoms with Gasteiger partial charge in [-0.15, -0.1) is 0 Å². The summed E-state index contributed by atoms with van der Waals surface area (Å²) in [5.74, 6) is 0.147. The van der Waals surface area contributed by atoms with Crippen molar-refractivity contribution in [1.29, 1.82) is 0 Å². The van der Waals surface area contributed by atoms with E-state index in [-0.39, 0.29) is 5.91 Å². The van der Waals surface area contributed by atoms with Gasteiger partial charge in [-0.1, -0.05) is 56.1 Å². The van der Waals surface area contributed by atoms with Crippen molar-refractivity contribution in [3.8, 4) is 0 Å². The van der Waals surface area contributed by atoms with Crippen LogP contribution in [0.1, 0.15) is 11.1 Å². The molecule has 0 saturated carbocycles. The first-order valence-corrected chi connectivity index (χ1v) is 8.06. The number of nitrogens with zero attached hydrogens (tertiary/aromatic N) is 1. The molecule has 0 N–H and O–H groups in total. The molecule has 1 aliphatic rings. The fourth-order valence-electron chi connectivity index (χ4n) is 2.51. The van der Waals surface area contributed by atoms with Crippen LogP contribution in [-0.2, 0) is 17.6 Å². The molecule has 0 unspecified atom stereocenters. The van der Waals surface area contributed by atoms with Crippen LogP contribution in [0.15, 0.2) is 51.4 Å². The molecule has 2 aromatic carbocycles. The smallest absolute Gasteiger partial charge is 0.231 e. The van der Waals surface area contributed by atoms with Crippen molar-refractivity contribution in [2.45, 2.75) is 12.8 Å². The average Bonchev–Trinajstić information content (AvgIpc) is 2.84. The van der Waals surface area contributed by atoms with Crippen LogP contribution in [0.25, 0.3) is 0 Å². The minimum absolute atomic E-state index is 0.147. The monoisotopic (exact) mass is 393 g/mol. The molecule has 0 bridgehead atoms. The van der Waals surface area contributed by atoms with Gasteiger partial charge < -0.3 is 4.90 Å². The van der Waals surface area contributed by atoms with Gasteiger partial charge in [-0.05, 0) is 35.7 Å². The van der Waals surface area contributed by atoms with Crippen molar-refractivity contribution >= 4 is 43.5 Å². The maximum Gasteiger partial charge on any atom is 0.231 e. The highest BCUT2D eigenvalue weighted by atomic mass is 79.9. The minimum Gasteiger partial charge on any atom is -0.311 e. The van der Waals surface area contributed by atoms with E-state index in [0.717, 1.165) is 33.2 Å². The van der Waals surface area contributed by atoms with Gasteiger partial charge >= 0.3 is 0 Å². The summed E-state index contributed by atoms with van der Waals surface area (Å²) in [4.78, 5) is 14.4. The van der Waals surface area contributed by atoms with Crippen LogP contribution < -0.4 is 4.90 Å². The molecule has 0 aromatic heterocycles. The SMILES string of the molecule is O=C(Cc1ccccc1Br)N1CCc2ccc(Br)cc21. The third-order valence-corrected chi connectivity index (χ3v) is 4.81. The van der Waals surface area contributed by atoms with Crippen LogP contribution in [0, 0.1) is 0 Å². The summed E-state index contributed by atoms with van der Waals surface area (Å²) in [7, 11) is 0. The normalized spacial score (nSPS) is 13.4. The molecular formula is C16H13Br2NO. The van der Waals surface area contributed by atoms with Gasteiger partial charge in [-0.25, -0.2) is 0 Å². The second-order valence-corrected chi connectivity index (χ2v) is 6.61. The molecule has 0 saturated heterocycles. The van der Waals surface area contributed by atoms with E-state index in [0.29, 0.717) is 6.42 Å². The van der Waals surface area contributed by atoms with Gasteiger partial charge in [0.2, 0.25) is 5.91 Å². The van der Waals surface area contributed by atoms with E-state index >= 15 is 0 Å². The van der Waals surface area contributed by atoms with Crippen LogP contribution in [0.2, 0.25) is 0 Å². The highest BCUT2D eigenvalue weighted by Crippen LogP contribution is 2.31. The van der Waals surface area contributed by atoms with Crippen molar-refractivity contribution in [1.82, 2.24) is 0 Å². The molecule has 0 spiro atoms. The predicted molar refractivity (Wildman–Crippen MR) is 88.0 cm³/mol. The Morgan fingerprint density at radius 1 is 1.15 bits per heavy atom. The topological polar surface area (TPSA) is 20.3 Å². The van der Waals surface area contributed by atoms with E-state index in [2.05, 4.69) is 37.9 Å². The lowest BCUT2D eigenvalue weighted by Crippen LogP contribution is -2.30. The van der Waals surface area contributed by atoms with Gasteiger partial charge in [0.25, 0.3) is 0 Å². The Hall–Kier alpha value is -1.13. The van der Waals surface area contributed by atoms with Gasteiger partial charge in [-0.3, -0.25) is 4.79 Å². The lowest BCUT2D eigenvalue weighted by Gasteiger charge is -2.18. The average molecular weight is 395 g/mol. The number of benzene rings is 2. The van der Waals surface area contributed by atoms with Crippen LogP contribution >= 0.6 is 31.9 Å². The number of carbonyl (C=O) groups excluding carboxylic acids is 1. The second-order valence-electron chi connectivity index (χ2n) is 4.84. The Morgan fingerprint density at radius 3 is 2.75 bits per heavy atom. The largest absolute Gasteiger partial charge is 0.311 e. The molecule has 3 rings (SSSR count). The standard InChI is InChI=1S/C16H13Br2NO/c17-13-6-5-11-7-8-19(15(11)10-13)16(20)9-12-3-1-2-4-14(12)18/h1-6,10H,7-9H2. The molecule has 0 aliphatic carbocycles. The Balaban J connectivity index is 1.84. The van der Waals surface area contributed by atoms with Gasteiger partial charge in [0.15, 0.2) is 0 Å². The summed E-state index contributed by atoms with van der Waals surface area (Å²) in [6, 6.07) is 14.0. The third-order valence-electron chi connectivity index (χ3n) is 3.54. The highest BCUT2D eigenvalue weighted by molar-refractivity contribution is 9.10. The van der Waals surface area contributed by atoms with Gasteiger partial charge in [0.1, 0.15) is 0 Å². The Labute approximate surface area is 135 Å². The zero-order chi connectivity index (χ0) is 14.1. The molecule has 4 heteroatoms. The van der Waals surface area contributed by atoms with E-state index in [9.17, 15) is 4.79 Å². The number of rotatable bonds is 2. The number of halogens is 2. The van der Waals surface area contributed by atoms with Crippen molar-refractivity contribution in [2.75, 3.05) is 11.4 Å². The molecule has 0 fully saturated rings. The Morgan fingerprint density at radius 2 is 1.95 bits per heavy atom. The Kier molecular flexibility index (Phi) is 3.94. The Bertz CT molecular complexity index is 669. The van der Waals surface area contributed by atoms with E-state index in [4.69, 9.17) is 0 Å². The molecule has 2 nitrogen and oxygen atoms in total. The molecule has 1 heterocycles. The first-order valence-electron chi connectivity index (χ1n) is 6.47. The maximum absolute atomic E-state index is 12.5. The molecule has 0 atom stereocenters. The van der Waals surface area contributed by atoms with Crippen molar-refractivity contribution in [2.24, 2.45) is 0 Å². The lowest BCUT2D eigenvalue weighted by atomic mass is 10.1. The van der Waals surface area contributed by atoms with Crippen molar-refractivity contribution < 1.29 is 4.79 Å². The second kappa shape index (κ2) is 5.70. The zero-order valence-corrected chi connectivity index (χ0v) is 13.9. The number of fused-ring (bicyclic) bond motifs is 1. The number of amides is 1. The molecular weight excluding hydrogens is 382 g/mol. The summed E-state index contributed by atoms with van der Waals surface area (Å²) in [6.07, 6.45) is 1.36. The first-order chi connectivity index (χ1) is 9.65. The summed E-state index contributed by atoms with van der Waals surface area (Å²) in [5, 5.41) is 0. The van der Waals surface area contributed by atoms with E-state index < -0.39 is 0 Å². The number of hydrogen-bond donors (Lipinski definition) is 0. The highest BCUT2D eigenvalue weighted by Gasteiger charge is 2.25. The first kappa shape index (κ1) is 13.8. The molecule has 102 valence electrons. The molecule has 1 aliphatic heterocycles. The fourth-order valence-corrected chi connectivity index (χ4v) is 3.29. The van der Waals surface area contributed by atoms with Gasteiger partial charge in [0, 0.05) is 21.2 Å². The number of anilines is 1. The van der Waals surface area contributed by atoms with E-state index in [1.165, 1.54) is 5.56 Å². The maximum atomic E-state index is 12.5. The summed E-state index contributed by atoms with van der Waals surface area (Å²) >= 11 is 6.97. The molecule has 2 aromatic rings. The zero-order valence-electron chi connectivity index (χ0n) is 10.8. The number of hydrogen-bond acceptors (Lipinski definition) is 1. The van der Waals surface area contributed by atoms with Crippen molar-refractivity contribution in [3.63, 3.8) is 0 Å². The van der Waals surface area contributed by atoms with Crippen molar-refractivity contribution in [3.05, 3.63) is 62.5 Å². The molecule has 20 heavy (non-hydrogen) atoms.